The van der Waals surface area contributed by atoms with Gasteiger partial charge in [0.05, 0.1) is 17.8 Å². The molecule has 0 saturated carbocycles. The van der Waals surface area contributed by atoms with Crippen LogP contribution in [0.2, 0.25) is 0 Å². The van der Waals surface area contributed by atoms with Crippen LogP contribution in [-0.4, -0.2) is 14.2 Å². The van der Waals surface area contributed by atoms with Crippen LogP contribution < -0.4 is 9.47 Å². The van der Waals surface area contributed by atoms with Crippen LogP contribution in [-0.2, 0) is 6.42 Å². The van der Waals surface area contributed by atoms with Crippen LogP contribution in [0, 0.1) is 3.57 Å². The first kappa shape index (κ1) is 10.6. The first-order valence-electron chi connectivity index (χ1n) is 4.13. The minimum absolute atomic E-state index is 0.915. The van der Waals surface area contributed by atoms with Crippen molar-refractivity contribution in [3.8, 4) is 11.5 Å². The number of halogens is 1. The highest BCUT2D eigenvalue weighted by Crippen LogP contribution is 2.29. The molecule has 0 spiro atoms. The summed E-state index contributed by atoms with van der Waals surface area (Å²) in [6, 6.07) is 4.03. The first-order chi connectivity index (χ1) is 6.22. The van der Waals surface area contributed by atoms with Crippen molar-refractivity contribution in [2.75, 3.05) is 14.2 Å². The quantitative estimate of drug-likeness (QED) is 0.798. The molecule has 2 nitrogen and oxygen atoms in total. The van der Waals surface area contributed by atoms with Gasteiger partial charge in [-0.1, -0.05) is 6.92 Å². The maximum Gasteiger partial charge on any atom is 0.132 e. The maximum atomic E-state index is 5.26. The molecule has 1 rings (SSSR count). The topological polar surface area (TPSA) is 18.5 Å². The predicted octanol–water partition coefficient (Wildman–Crippen LogP) is 2.87. The Morgan fingerprint density at radius 1 is 1.15 bits per heavy atom. The van der Waals surface area contributed by atoms with E-state index in [1.54, 1.807) is 14.2 Å². The number of benzene rings is 1. The second-order valence-corrected chi connectivity index (χ2v) is 3.81. The number of aryl methyl sites for hydroxylation is 1. The molecule has 0 fully saturated rings. The van der Waals surface area contributed by atoms with E-state index in [1.165, 1.54) is 5.56 Å². The van der Waals surface area contributed by atoms with E-state index in [1.807, 2.05) is 12.1 Å². The van der Waals surface area contributed by atoms with E-state index >= 15 is 0 Å². The van der Waals surface area contributed by atoms with Crippen molar-refractivity contribution >= 4 is 22.6 Å². The molecule has 0 aliphatic rings. The van der Waals surface area contributed by atoms with Gasteiger partial charge in [-0.2, -0.15) is 0 Å². The van der Waals surface area contributed by atoms with E-state index in [4.69, 9.17) is 9.47 Å². The van der Waals surface area contributed by atoms with E-state index in [0.29, 0.717) is 0 Å². The first-order valence-corrected chi connectivity index (χ1v) is 5.21. The van der Waals surface area contributed by atoms with Crippen LogP contribution in [0.4, 0.5) is 0 Å². The zero-order chi connectivity index (χ0) is 9.84. The highest BCUT2D eigenvalue weighted by atomic mass is 127. The summed E-state index contributed by atoms with van der Waals surface area (Å²) >= 11 is 2.24. The molecule has 0 atom stereocenters. The molecule has 13 heavy (non-hydrogen) atoms. The number of methoxy groups -OCH3 is 2. The van der Waals surface area contributed by atoms with Gasteiger partial charge in [-0.3, -0.25) is 0 Å². The zero-order valence-corrected chi connectivity index (χ0v) is 10.2. The van der Waals surface area contributed by atoms with Gasteiger partial charge < -0.3 is 9.47 Å². The molecular weight excluding hydrogens is 279 g/mol. The standard InChI is InChI=1S/C10H13IO2/c1-4-7-5-10(13-3)8(11)6-9(7)12-2/h5-6H,4H2,1-3H3. The summed E-state index contributed by atoms with van der Waals surface area (Å²) in [6.45, 7) is 2.10. The molecule has 0 aliphatic carbocycles. The van der Waals surface area contributed by atoms with E-state index in [9.17, 15) is 0 Å². The summed E-state index contributed by atoms with van der Waals surface area (Å²) < 4.78 is 11.6. The third kappa shape index (κ3) is 2.27. The Bertz CT molecular complexity index is 297. The van der Waals surface area contributed by atoms with Gasteiger partial charge in [0.1, 0.15) is 11.5 Å². The molecule has 0 bridgehead atoms. The van der Waals surface area contributed by atoms with E-state index < -0.39 is 0 Å². The summed E-state index contributed by atoms with van der Waals surface area (Å²) in [5, 5.41) is 0. The summed E-state index contributed by atoms with van der Waals surface area (Å²) in [5.41, 5.74) is 1.18. The van der Waals surface area contributed by atoms with Gasteiger partial charge in [-0.05, 0) is 46.7 Å². The fraction of sp³-hybridized carbons (Fsp3) is 0.400. The van der Waals surface area contributed by atoms with Crippen LogP contribution in [0.15, 0.2) is 12.1 Å². The van der Waals surface area contributed by atoms with Gasteiger partial charge in [0.25, 0.3) is 0 Å². The van der Waals surface area contributed by atoms with Gasteiger partial charge in [0.2, 0.25) is 0 Å². The van der Waals surface area contributed by atoms with Crippen LogP contribution in [0.3, 0.4) is 0 Å². The molecule has 1 aromatic rings. The van der Waals surface area contributed by atoms with Gasteiger partial charge in [-0.25, -0.2) is 0 Å². The normalized spacial score (nSPS) is 9.85. The van der Waals surface area contributed by atoms with E-state index in [0.717, 1.165) is 21.5 Å². The van der Waals surface area contributed by atoms with Crippen molar-refractivity contribution in [3.05, 3.63) is 21.3 Å². The summed E-state index contributed by atoms with van der Waals surface area (Å²) in [5.74, 6) is 1.85. The van der Waals surface area contributed by atoms with Crippen molar-refractivity contribution < 1.29 is 9.47 Å². The summed E-state index contributed by atoms with van der Waals surface area (Å²) in [4.78, 5) is 0. The number of rotatable bonds is 3. The third-order valence-electron chi connectivity index (χ3n) is 1.94. The largest absolute Gasteiger partial charge is 0.496 e. The molecule has 0 aliphatic heterocycles. The zero-order valence-electron chi connectivity index (χ0n) is 8.06. The minimum Gasteiger partial charge on any atom is -0.496 e. The molecule has 0 heterocycles. The third-order valence-corrected chi connectivity index (χ3v) is 2.78. The number of ether oxygens (including phenoxy) is 2. The molecule has 0 saturated heterocycles. The van der Waals surface area contributed by atoms with Gasteiger partial charge in [-0.15, -0.1) is 0 Å². The fourth-order valence-corrected chi connectivity index (χ4v) is 1.86. The lowest BCUT2D eigenvalue weighted by Crippen LogP contribution is -1.94. The smallest absolute Gasteiger partial charge is 0.132 e. The average molecular weight is 292 g/mol. The Kier molecular flexibility index (Phi) is 3.84. The molecule has 0 radical (unpaired) electrons. The highest BCUT2D eigenvalue weighted by Gasteiger charge is 2.07. The van der Waals surface area contributed by atoms with Crippen molar-refractivity contribution in [3.63, 3.8) is 0 Å². The van der Waals surface area contributed by atoms with E-state index in [2.05, 4.69) is 29.5 Å². The number of hydrogen-bond donors (Lipinski definition) is 0. The summed E-state index contributed by atoms with van der Waals surface area (Å²) in [6.07, 6.45) is 0.955. The lowest BCUT2D eigenvalue weighted by atomic mass is 10.1. The molecule has 0 N–H and O–H groups in total. The van der Waals surface area contributed by atoms with Crippen molar-refractivity contribution in [1.29, 1.82) is 0 Å². The lowest BCUT2D eigenvalue weighted by Gasteiger charge is -2.10. The van der Waals surface area contributed by atoms with E-state index in [-0.39, 0.29) is 0 Å². The van der Waals surface area contributed by atoms with Crippen molar-refractivity contribution in [2.24, 2.45) is 0 Å². The molecule has 0 aromatic heterocycles. The molecular formula is C10H13IO2. The van der Waals surface area contributed by atoms with Crippen molar-refractivity contribution in [2.45, 2.75) is 13.3 Å². The van der Waals surface area contributed by atoms with Gasteiger partial charge >= 0.3 is 0 Å². The molecule has 3 heteroatoms. The van der Waals surface area contributed by atoms with Crippen LogP contribution in [0.25, 0.3) is 0 Å². The van der Waals surface area contributed by atoms with Crippen LogP contribution in [0.1, 0.15) is 12.5 Å². The van der Waals surface area contributed by atoms with Crippen molar-refractivity contribution in [1.82, 2.24) is 0 Å². The average Bonchev–Trinajstić information content (AvgIpc) is 2.17. The second-order valence-electron chi connectivity index (χ2n) is 2.65. The Hall–Kier alpha value is -0.450. The monoisotopic (exact) mass is 292 g/mol. The molecule has 1 aromatic carbocycles. The Labute approximate surface area is 92.4 Å². The Morgan fingerprint density at radius 3 is 2.23 bits per heavy atom. The second kappa shape index (κ2) is 4.69. The Morgan fingerprint density at radius 2 is 1.77 bits per heavy atom. The summed E-state index contributed by atoms with van der Waals surface area (Å²) in [7, 11) is 3.38. The Balaban J connectivity index is 3.18. The van der Waals surface area contributed by atoms with Gasteiger partial charge in [0, 0.05) is 0 Å². The highest BCUT2D eigenvalue weighted by molar-refractivity contribution is 14.1. The van der Waals surface area contributed by atoms with Crippen LogP contribution >= 0.6 is 22.6 Å². The SMILES string of the molecule is CCc1cc(OC)c(I)cc1OC. The fourth-order valence-electron chi connectivity index (χ4n) is 1.20. The molecule has 72 valence electrons. The predicted molar refractivity (Wildman–Crippen MR) is 61.6 cm³/mol. The molecule has 0 unspecified atom stereocenters. The lowest BCUT2D eigenvalue weighted by molar-refractivity contribution is 0.397. The maximum absolute atomic E-state index is 5.26. The van der Waals surface area contributed by atoms with Crippen LogP contribution in [0.5, 0.6) is 11.5 Å². The van der Waals surface area contributed by atoms with Gasteiger partial charge in [0.15, 0.2) is 0 Å². The minimum atomic E-state index is 0.915. The number of hydrogen-bond acceptors (Lipinski definition) is 2. The molecule has 0 amide bonds.